The third-order valence-corrected chi connectivity index (χ3v) is 4.81. The summed E-state index contributed by atoms with van der Waals surface area (Å²) < 4.78 is 10.8. The molecule has 2 aromatic carbocycles. The van der Waals surface area contributed by atoms with Crippen LogP contribution < -0.4 is 15.4 Å². The van der Waals surface area contributed by atoms with Crippen LogP contribution in [0.1, 0.15) is 30.8 Å². The summed E-state index contributed by atoms with van der Waals surface area (Å²) in [5, 5.41) is 15.6. The Morgan fingerprint density at radius 3 is 2.48 bits per heavy atom. The number of hydrogen-bond acceptors (Lipinski definition) is 6. The second-order valence-electron chi connectivity index (χ2n) is 7.95. The van der Waals surface area contributed by atoms with E-state index in [9.17, 15) is 19.5 Å². The summed E-state index contributed by atoms with van der Waals surface area (Å²) in [5.41, 5.74) is 0.387. The smallest absolute Gasteiger partial charge is 0.287 e. The number of furan rings is 1. The van der Waals surface area contributed by atoms with Gasteiger partial charge >= 0.3 is 0 Å². The van der Waals surface area contributed by atoms with Crippen molar-refractivity contribution >= 4 is 28.6 Å². The number of aromatic hydroxyl groups is 1. The number of ether oxygens (including phenoxy) is 1. The molecule has 2 amide bonds. The van der Waals surface area contributed by atoms with Crippen LogP contribution in [0.3, 0.4) is 0 Å². The van der Waals surface area contributed by atoms with Crippen LogP contribution in [-0.4, -0.2) is 35.4 Å². The molecule has 0 aliphatic heterocycles. The minimum atomic E-state index is -0.908. The Hall–Kier alpha value is -4.07. The molecular weight excluding hydrogens is 424 g/mol. The summed E-state index contributed by atoms with van der Waals surface area (Å²) >= 11 is 0. The first kappa shape index (κ1) is 23.6. The van der Waals surface area contributed by atoms with Crippen LogP contribution >= 0.6 is 0 Å². The predicted molar refractivity (Wildman–Crippen MR) is 123 cm³/mol. The molecule has 172 valence electrons. The van der Waals surface area contributed by atoms with Crippen LogP contribution in [0.25, 0.3) is 11.0 Å². The monoisotopic (exact) mass is 450 g/mol. The van der Waals surface area contributed by atoms with Gasteiger partial charge in [0.1, 0.15) is 11.6 Å². The lowest BCUT2D eigenvalue weighted by atomic mass is 10.0. The fourth-order valence-electron chi connectivity index (χ4n) is 3.14. The lowest BCUT2D eigenvalue weighted by Crippen LogP contribution is -2.48. The van der Waals surface area contributed by atoms with Crippen molar-refractivity contribution in [1.29, 1.82) is 0 Å². The summed E-state index contributed by atoms with van der Waals surface area (Å²) in [6.45, 7) is 7.00. The number of carbonyl (C=O) groups is 3. The lowest BCUT2D eigenvalue weighted by Gasteiger charge is -2.20. The van der Waals surface area contributed by atoms with Gasteiger partial charge in [-0.3, -0.25) is 14.4 Å². The van der Waals surface area contributed by atoms with Crippen molar-refractivity contribution in [1.82, 2.24) is 10.6 Å². The number of fused-ring (bicyclic) bond motifs is 1. The van der Waals surface area contributed by atoms with E-state index in [1.165, 1.54) is 12.1 Å². The average Bonchev–Trinajstić information content (AvgIpc) is 3.22. The minimum absolute atomic E-state index is 0.0868. The molecule has 33 heavy (non-hydrogen) atoms. The molecule has 0 radical (unpaired) electrons. The molecule has 3 aromatic rings. The first-order chi connectivity index (χ1) is 15.7. The second kappa shape index (κ2) is 10.5. The van der Waals surface area contributed by atoms with Gasteiger partial charge in [-0.15, -0.1) is 0 Å². The Morgan fingerprint density at radius 2 is 1.79 bits per heavy atom. The van der Waals surface area contributed by atoms with E-state index in [1.54, 1.807) is 30.3 Å². The number of ketones is 1. The van der Waals surface area contributed by atoms with Gasteiger partial charge in [-0.1, -0.05) is 50.8 Å². The van der Waals surface area contributed by atoms with Crippen molar-refractivity contribution < 1.29 is 28.6 Å². The van der Waals surface area contributed by atoms with Gasteiger partial charge in [-0.05, 0) is 36.6 Å². The highest BCUT2D eigenvalue weighted by Crippen LogP contribution is 2.24. The van der Waals surface area contributed by atoms with Crippen molar-refractivity contribution in [2.75, 3.05) is 6.61 Å². The van der Waals surface area contributed by atoms with Gasteiger partial charge in [0.2, 0.25) is 11.7 Å². The Morgan fingerprint density at radius 1 is 1.09 bits per heavy atom. The Labute approximate surface area is 191 Å². The number of amides is 2. The van der Waals surface area contributed by atoms with Gasteiger partial charge in [0.05, 0.1) is 5.70 Å². The zero-order valence-corrected chi connectivity index (χ0v) is 18.5. The van der Waals surface area contributed by atoms with Gasteiger partial charge < -0.3 is 24.9 Å². The largest absolute Gasteiger partial charge is 0.504 e. The van der Waals surface area contributed by atoms with Crippen LogP contribution in [0, 0.1) is 5.92 Å². The topological polar surface area (TPSA) is 118 Å². The van der Waals surface area contributed by atoms with E-state index in [0.29, 0.717) is 12.0 Å². The van der Waals surface area contributed by atoms with E-state index in [0.717, 1.165) is 5.39 Å². The Kier molecular flexibility index (Phi) is 7.50. The second-order valence-corrected chi connectivity index (χ2v) is 7.95. The van der Waals surface area contributed by atoms with Crippen molar-refractivity contribution in [2.24, 2.45) is 5.92 Å². The van der Waals surface area contributed by atoms with Crippen LogP contribution in [0.4, 0.5) is 0 Å². The van der Waals surface area contributed by atoms with Gasteiger partial charge in [0, 0.05) is 5.39 Å². The molecule has 1 aromatic heterocycles. The fraction of sp³-hybridized carbons (Fsp3) is 0.240. The number of phenolic OH excluding ortho intramolecular Hbond substituents is 1. The van der Waals surface area contributed by atoms with E-state index in [1.807, 2.05) is 26.0 Å². The molecule has 1 heterocycles. The van der Waals surface area contributed by atoms with Crippen LogP contribution in [0.5, 0.6) is 11.5 Å². The van der Waals surface area contributed by atoms with Gasteiger partial charge in [-0.2, -0.15) is 0 Å². The number of para-hydroxylation sites is 3. The number of rotatable bonds is 10. The van der Waals surface area contributed by atoms with E-state index in [-0.39, 0.29) is 28.9 Å². The molecule has 0 bridgehead atoms. The number of carbonyl (C=O) groups excluding carboxylic acids is 3. The maximum atomic E-state index is 12.8. The van der Waals surface area contributed by atoms with Crippen LogP contribution in [0.2, 0.25) is 0 Å². The van der Waals surface area contributed by atoms with Crippen LogP contribution in [0.15, 0.2) is 71.3 Å². The van der Waals surface area contributed by atoms with Gasteiger partial charge in [-0.25, -0.2) is 0 Å². The molecule has 3 N–H and O–H groups in total. The molecular formula is C25H26N2O6. The first-order valence-corrected chi connectivity index (χ1v) is 10.5. The number of nitrogens with one attached hydrogen (secondary N) is 2. The molecule has 0 saturated heterocycles. The van der Waals surface area contributed by atoms with E-state index < -0.39 is 30.2 Å². The summed E-state index contributed by atoms with van der Waals surface area (Å²) in [7, 11) is 0. The molecule has 1 atom stereocenters. The molecule has 0 saturated carbocycles. The first-order valence-electron chi connectivity index (χ1n) is 10.5. The Balaban J connectivity index is 1.61. The predicted octanol–water partition coefficient (Wildman–Crippen LogP) is 3.56. The zero-order valence-electron chi connectivity index (χ0n) is 18.5. The van der Waals surface area contributed by atoms with Crippen molar-refractivity contribution in [3.8, 4) is 11.5 Å². The standard InChI is InChI=1S/C25H26N2O6/c1-15(2)12-18(27-25(31)23-13-17-8-4-6-10-21(17)33-23)24(30)26-16(3)20(29)14-32-22-11-7-5-9-19(22)28/h4-11,13,15,18,28H,3,12,14H2,1-2H3,(H,26,30)(H,27,31)/t18-/m0/s1. The highest BCUT2D eigenvalue weighted by molar-refractivity contribution is 6.02. The summed E-state index contributed by atoms with van der Waals surface area (Å²) in [6.07, 6.45) is 0.341. The van der Waals surface area contributed by atoms with E-state index >= 15 is 0 Å². The molecule has 0 spiro atoms. The number of benzene rings is 2. The van der Waals surface area contributed by atoms with Crippen molar-refractivity contribution in [3.05, 3.63) is 72.6 Å². The number of hydrogen-bond donors (Lipinski definition) is 3. The molecule has 0 unspecified atom stereocenters. The highest BCUT2D eigenvalue weighted by Gasteiger charge is 2.25. The summed E-state index contributed by atoms with van der Waals surface area (Å²) in [4.78, 5) is 37.8. The lowest BCUT2D eigenvalue weighted by molar-refractivity contribution is -0.125. The van der Waals surface area contributed by atoms with Gasteiger partial charge in [0.15, 0.2) is 23.9 Å². The Bertz CT molecular complexity index is 1150. The molecule has 0 aliphatic rings. The van der Waals surface area contributed by atoms with E-state index in [4.69, 9.17) is 9.15 Å². The van der Waals surface area contributed by atoms with Crippen molar-refractivity contribution in [2.45, 2.75) is 26.3 Å². The molecule has 8 nitrogen and oxygen atoms in total. The van der Waals surface area contributed by atoms with E-state index in [2.05, 4.69) is 17.2 Å². The highest BCUT2D eigenvalue weighted by atomic mass is 16.5. The molecule has 0 fully saturated rings. The zero-order chi connectivity index (χ0) is 24.0. The maximum Gasteiger partial charge on any atom is 0.287 e. The summed E-state index contributed by atoms with van der Waals surface area (Å²) in [6, 6.07) is 14.1. The molecule has 8 heteroatoms. The minimum Gasteiger partial charge on any atom is -0.504 e. The van der Waals surface area contributed by atoms with Crippen LogP contribution in [-0.2, 0) is 9.59 Å². The third kappa shape index (κ3) is 6.22. The molecule has 0 aliphatic carbocycles. The quantitative estimate of drug-likeness (QED) is 0.407. The number of Topliss-reactive ketones (excluding diaryl/α,β-unsaturated/α-hetero) is 1. The maximum absolute atomic E-state index is 12.8. The fourth-order valence-corrected chi connectivity index (χ4v) is 3.14. The SMILES string of the molecule is C=C(NC(=O)[C@H](CC(C)C)NC(=O)c1cc2ccccc2o1)C(=O)COc1ccccc1O. The number of phenols is 1. The van der Waals surface area contributed by atoms with Gasteiger partial charge in [0.25, 0.3) is 5.91 Å². The summed E-state index contributed by atoms with van der Waals surface area (Å²) in [5.74, 6) is -1.47. The third-order valence-electron chi connectivity index (χ3n) is 4.81. The average molecular weight is 450 g/mol. The molecule has 3 rings (SSSR count). The normalized spacial score (nSPS) is 11.7. The van der Waals surface area contributed by atoms with Crippen molar-refractivity contribution in [3.63, 3.8) is 0 Å².